The van der Waals surface area contributed by atoms with Gasteiger partial charge in [0, 0.05) is 12.1 Å². The number of hydrogen-bond acceptors (Lipinski definition) is 5. The molecule has 1 aromatic carbocycles. The molecule has 0 aliphatic carbocycles. The third kappa shape index (κ3) is 1.67. The molecule has 0 saturated heterocycles. The Labute approximate surface area is 94.2 Å². The number of non-ortho nitro benzene ring substituents is 1. The molecule has 0 atom stereocenters. The zero-order valence-electron chi connectivity index (χ0n) is 8.30. The van der Waals surface area contributed by atoms with E-state index in [0.717, 1.165) is 0 Å². The van der Waals surface area contributed by atoms with E-state index in [2.05, 4.69) is 0 Å². The molecule has 0 aliphatic rings. The molecule has 0 unspecified atom stereocenters. The van der Waals surface area contributed by atoms with E-state index in [1.165, 1.54) is 36.2 Å². The number of nitro groups is 1. The number of fused-ring (bicyclic) bond motifs is 1. The molecule has 5 nitrogen and oxygen atoms in total. The predicted octanol–water partition coefficient (Wildman–Crippen LogP) is 2.42. The lowest BCUT2D eigenvalue weighted by Crippen LogP contribution is -2.03. The van der Waals surface area contributed by atoms with Crippen molar-refractivity contribution >= 4 is 28.4 Å². The van der Waals surface area contributed by atoms with Crippen molar-refractivity contribution in [1.82, 2.24) is 0 Å². The second-order valence-corrected chi connectivity index (χ2v) is 3.92. The lowest BCUT2D eigenvalue weighted by atomic mass is 10.2. The van der Waals surface area contributed by atoms with Gasteiger partial charge in [-0.1, -0.05) is 0 Å². The van der Waals surface area contributed by atoms with Crippen LogP contribution >= 0.6 is 11.8 Å². The van der Waals surface area contributed by atoms with Crippen LogP contribution in [-0.4, -0.2) is 11.2 Å². The Morgan fingerprint density at radius 3 is 2.81 bits per heavy atom. The van der Waals surface area contributed by atoms with Crippen LogP contribution in [0.3, 0.4) is 0 Å². The molecule has 2 aromatic rings. The smallest absolute Gasteiger partial charge is 0.270 e. The van der Waals surface area contributed by atoms with Gasteiger partial charge in [0.05, 0.1) is 15.2 Å². The molecule has 0 amide bonds. The van der Waals surface area contributed by atoms with E-state index < -0.39 is 4.92 Å². The summed E-state index contributed by atoms with van der Waals surface area (Å²) in [7, 11) is 0. The summed E-state index contributed by atoms with van der Waals surface area (Å²) >= 11 is 1.25. The second-order valence-electron chi connectivity index (χ2n) is 3.07. The maximum absolute atomic E-state index is 11.8. The first kappa shape index (κ1) is 10.7. The number of thioether (sulfide) groups is 1. The molecule has 1 heterocycles. The summed E-state index contributed by atoms with van der Waals surface area (Å²) in [5.41, 5.74) is 0.00361. The van der Waals surface area contributed by atoms with Crippen LogP contribution < -0.4 is 5.43 Å². The number of benzene rings is 1. The molecule has 0 aliphatic heterocycles. The maximum Gasteiger partial charge on any atom is 0.270 e. The van der Waals surface area contributed by atoms with Gasteiger partial charge in [0.15, 0.2) is 0 Å². The SMILES string of the molecule is CSc1coc2ccc([N+](=O)[O-])cc2c1=O. The van der Waals surface area contributed by atoms with Gasteiger partial charge in [-0.25, -0.2) is 0 Å². The van der Waals surface area contributed by atoms with Crippen molar-refractivity contribution in [3.63, 3.8) is 0 Å². The quantitative estimate of drug-likeness (QED) is 0.455. The molecule has 1 aromatic heterocycles. The molecule has 0 bridgehead atoms. The average Bonchev–Trinajstić information content (AvgIpc) is 2.29. The third-order valence-electron chi connectivity index (χ3n) is 2.16. The van der Waals surface area contributed by atoms with Gasteiger partial charge in [0.1, 0.15) is 11.8 Å². The van der Waals surface area contributed by atoms with Gasteiger partial charge in [0.25, 0.3) is 5.69 Å². The van der Waals surface area contributed by atoms with E-state index in [-0.39, 0.29) is 16.5 Å². The Bertz CT molecular complexity index is 620. The predicted molar refractivity (Wildman–Crippen MR) is 60.9 cm³/mol. The summed E-state index contributed by atoms with van der Waals surface area (Å²) in [5, 5.41) is 10.8. The molecule has 2 rings (SSSR count). The third-order valence-corrected chi connectivity index (χ3v) is 2.88. The molecule has 82 valence electrons. The van der Waals surface area contributed by atoms with Crippen LogP contribution in [0, 0.1) is 10.1 Å². The fourth-order valence-corrected chi connectivity index (χ4v) is 1.80. The molecule has 0 spiro atoms. The van der Waals surface area contributed by atoms with Crippen molar-refractivity contribution < 1.29 is 9.34 Å². The number of rotatable bonds is 2. The maximum atomic E-state index is 11.8. The summed E-state index contributed by atoms with van der Waals surface area (Å²) in [6.45, 7) is 0. The number of nitro benzene ring substituents is 1. The minimum absolute atomic E-state index is 0.113. The highest BCUT2D eigenvalue weighted by Gasteiger charge is 2.11. The summed E-state index contributed by atoms with van der Waals surface area (Å²) in [4.78, 5) is 22.3. The standard InChI is InChI=1S/C10H7NO4S/c1-16-9-5-15-8-3-2-6(11(13)14)4-7(8)10(9)12/h2-5H,1H3. The molecule has 0 fully saturated rings. The van der Waals surface area contributed by atoms with E-state index >= 15 is 0 Å². The fourth-order valence-electron chi connectivity index (χ4n) is 1.36. The summed E-state index contributed by atoms with van der Waals surface area (Å²) in [6.07, 6.45) is 3.11. The highest BCUT2D eigenvalue weighted by Crippen LogP contribution is 2.20. The molecule has 0 radical (unpaired) electrons. The van der Waals surface area contributed by atoms with Crippen LogP contribution in [0.1, 0.15) is 0 Å². The first-order valence-corrected chi connectivity index (χ1v) is 5.60. The molecular formula is C10H7NO4S. The van der Waals surface area contributed by atoms with Gasteiger partial charge in [-0.2, -0.15) is 0 Å². The van der Waals surface area contributed by atoms with Crippen molar-refractivity contribution in [2.24, 2.45) is 0 Å². The lowest BCUT2D eigenvalue weighted by molar-refractivity contribution is -0.384. The zero-order valence-corrected chi connectivity index (χ0v) is 9.11. The topological polar surface area (TPSA) is 73.3 Å². The van der Waals surface area contributed by atoms with Gasteiger partial charge in [-0.15, -0.1) is 11.8 Å². The summed E-state index contributed by atoms with van der Waals surface area (Å²) in [6, 6.07) is 3.98. The van der Waals surface area contributed by atoms with Crippen molar-refractivity contribution in [3.8, 4) is 0 Å². The Hall–Kier alpha value is -1.82. The van der Waals surface area contributed by atoms with Gasteiger partial charge in [0.2, 0.25) is 5.43 Å². The van der Waals surface area contributed by atoms with E-state index in [9.17, 15) is 14.9 Å². The monoisotopic (exact) mass is 237 g/mol. The molecule has 6 heteroatoms. The number of nitrogens with zero attached hydrogens (tertiary/aromatic N) is 1. The minimum atomic E-state index is -0.537. The highest BCUT2D eigenvalue weighted by atomic mass is 32.2. The van der Waals surface area contributed by atoms with Gasteiger partial charge in [-0.05, 0) is 12.3 Å². The Morgan fingerprint density at radius 2 is 2.19 bits per heavy atom. The molecule has 16 heavy (non-hydrogen) atoms. The minimum Gasteiger partial charge on any atom is -0.463 e. The lowest BCUT2D eigenvalue weighted by Gasteiger charge is -1.99. The Morgan fingerprint density at radius 1 is 1.44 bits per heavy atom. The highest BCUT2D eigenvalue weighted by molar-refractivity contribution is 7.98. The van der Waals surface area contributed by atoms with Crippen LogP contribution in [0.4, 0.5) is 5.69 Å². The van der Waals surface area contributed by atoms with E-state index in [1.807, 2.05) is 0 Å². The summed E-state index contributed by atoms with van der Waals surface area (Å²) < 4.78 is 5.21. The van der Waals surface area contributed by atoms with Crippen LogP contribution in [0.2, 0.25) is 0 Å². The largest absolute Gasteiger partial charge is 0.463 e. The van der Waals surface area contributed by atoms with Crippen LogP contribution in [-0.2, 0) is 0 Å². The van der Waals surface area contributed by atoms with Crippen molar-refractivity contribution in [2.75, 3.05) is 6.26 Å². The van der Waals surface area contributed by atoms with Gasteiger partial charge >= 0.3 is 0 Å². The Kier molecular flexibility index (Phi) is 2.66. The van der Waals surface area contributed by atoms with Crippen molar-refractivity contribution in [3.05, 3.63) is 44.8 Å². The molecular weight excluding hydrogens is 230 g/mol. The van der Waals surface area contributed by atoms with Gasteiger partial charge in [-0.3, -0.25) is 14.9 Å². The summed E-state index contributed by atoms with van der Waals surface area (Å²) in [5.74, 6) is 0. The van der Waals surface area contributed by atoms with Crippen LogP contribution in [0.5, 0.6) is 0 Å². The van der Waals surface area contributed by atoms with E-state index in [1.54, 1.807) is 6.26 Å². The van der Waals surface area contributed by atoms with Crippen molar-refractivity contribution in [2.45, 2.75) is 4.90 Å². The van der Waals surface area contributed by atoms with Crippen LogP contribution in [0.25, 0.3) is 11.0 Å². The van der Waals surface area contributed by atoms with E-state index in [4.69, 9.17) is 4.42 Å². The normalized spacial score (nSPS) is 10.6. The van der Waals surface area contributed by atoms with E-state index in [0.29, 0.717) is 10.5 Å². The molecule has 0 saturated carbocycles. The fraction of sp³-hybridized carbons (Fsp3) is 0.100. The Balaban J connectivity index is 2.79. The van der Waals surface area contributed by atoms with Crippen LogP contribution in [0.15, 0.2) is 38.6 Å². The number of hydrogen-bond donors (Lipinski definition) is 0. The molecule has 0 N–H and O–H groups in total. The van der Waals surface area contributed by atoms with Crippen molar-refractivity contribution in [1.29, 1.82) is 0 Å². The van der Waals surface area contributed by atoms with Gasteiger partial charge < -0.3 is 4.42 Å². The zero-order chi connectivity index (χ0) is 11.7. The second kappa shape index (κ2) is 3.97. The first-order valence-electron chi connectivity index (χ1n) is 4.37. The average molecular weight is 237 g/mol. The first-order chi connectivity index (χ1) is 7.63.